The molecule has 0 unspecified atom stereocenters. The number of rotatable bonds is 6. The molecule has 1 N–H and O–H groups in total. The molecule has 0 aromatic heterocycles. The number of benzene rings is 2. The van der Waals surface area contributed by atoms with E-state index in [1.807, 2.05) is 0 Å². The number of carbonyl (C=O) groups excluding carboxylic acids is 1. The van der Waals surface area contributed by atoms with Crippen LogP contribution in [0, 0.1) is 0 Å². The number of sulfonamides is 1. The van der Waals surface area contributed by atoms with Crippen LogP contribution in [-0.4, -0.2) is 38.3 Å². The van der Waals surface area contributed by atoms with Crippen molar-refractivity contribution in [3.8, 4) is 5.75 Å². The molecule has 2 aromatic rings. The van der Waals surface area contributed by atoms with Crippen LogP contribution in [0.4, 0.5) is 5.69 Å². The Hall–Kier alpha value is -1.80. The third kappa shape index (κ3) is 5.13. The van der Waals surface area contributed by atoms with Gasteiger partial charge in [0.25, 0.3) is 5.91 Å². The van der Waals surface area contributed by atoms with Crippen molar-refractivity contribution in [2.24, 2.45) is 0 Å². The van der Waals surface area contributed by atoms with Gasteiger partial charge in [-0.1, -0.05) is 23.2 Å². The van der Waals surface area contributed by atoms with Gasteiger partial charge in [-0.05, 0) is 55.3 Å². The summed E-state index contributed by atoms with van der Waals surface area (Å²) in [7, 11) is -3.46. The summed E-state index contributed by atoms with van der Waals surface area (Å²) in [6, 6.07) is 10.7. The molecule has 1 heterocycles. The van der Waals surface area contributed by atoms with Crippen molar-refractivity contribution in [2.75, 3.05) is 25.0 Å². The minimum atomic E-state index is -3.46. The molecular weight excluding hydrogens is 411 g/mol. The second kappa shape index (κ2) is 8.48. The molecule has 0 saturated carbocycles. The van der Waals surface area contributed by atoms with Gasteiger partial charge in [-0.2, -0.15) is 4.31 Å². The van der Waals surface area contributed by atoms with Crippen LogP contribution in [0.3, 0.4) is 0 Å². The number of carbonyl (C=O) groups is 1. The van der Waals surface area contributed by atoms with E-state index in [2.05, 4.69) is 5.32 Å². The summed E-state index contributed by atoms with van der Waals surface area (Å²) in [5, 5.41) is 3.45. The predicted molar refractivity (Wildman–Crippen MR) is 105 cm³/mol. The van der Waals surface area contributed by atoms with Gasteiger partial charge in [0.15, 0.2) is 6.61 Å². The summed E-state index contributed by atoms with van der Waals surface area (Å²) >= 11 is 11.8. The van der Waals surface area contributed by atoms with Crippen LogP contribution in [0.15, 0.2) is 47.4 Å². The smallest absolute Gasteiger partial charge is 0.262 e. The van der Waals surface area contributed by atoms with Gasteiger partial charge in [0, 0.05) is 28.8 Å². The van der Waals surface area contributed by atoms with Gasteiger partial charge in [0.05, 0.1) is 4.90 Å². The monoisotopic (exact) mass is 428 g/mol. The van der Waals surface area contributed by atoms with E-state index in [4.69, 9.17) is 27.9 Å². The van der Waals surface area contributed by atoms with E-state index in [1.165, 1.54) is 28.6 Å². The Kier molecular flexibility index (Phi) is 6.26. The van der Waals surface area contributed by atoms with Crippen LogP contribution < -0.4 is 10.1 Å². The number of nitrogens with zero attached hydrogens (tertiary/aromatic N) is 1. The summed E-state index contributed by atoms with van der Waals surface area (Å²) in [6.45, 7) is 0.866. The fourth-order valence-electron chi connectivity index (χ4n) is 2.76. The average Bonchev–Trinajstić information content (AvgIpc) is 3.15. The molecule has 1 saturated heterocycles. The highest BCUT2D eigenvalue weighted by molar-refractivity contribution is 7.89. The highest BCUT2D eigenvalue weighted by Gasteiger charge is 2.26. The fourth-order valence-corrected chi connectivity index (χ4v) is 4.80. The first-order valence-electron chi connectivity index (χ1n) is 8.33. The minimum Gasteiger partial charge on any atom is -0.484 e. The number of anilines is 1. The Morgan fingerprint density at radius 1 is 1.04 bits per heavy atom. The number of nitrogens with one attached hydrogen (secondary N) is 1. The molecule has 0 spiro atoms. The zero-order chi connectivity index (χ0) is 19.4. The summed E-state index contributed by atoms with van der Waals surface area (Å²) in [5.74, 6) is 0.0109. The minimum absolute atomic E-state index is 0.217. The number of hydrogen-bond acceptors (Lipinski definition) is 4. The predicted octanol–water partition coefficient (Wildman–Crippen LogP) is 3.80. The molecule has 6 nitrogen and oxygen atoms in total. The molecule has 0 bridgehead atoms. The lowest BCUT2D eigenvalue weighted by atomic mass is 10.3. The molecule has 9 heteroatoms. The van der Waals surface area contributed by atoms with Gasteiger partial charge in [-0.25, -0.2) is 8.42 Å². The Morgan fingerprint density at radius 3 is 2.22 bits per heavy atom. The SMILES string of the molecule is O=C(COc1ccc(S(=O)(=O)N2CCCC2)cc1)Nc1cc(Cl)cc(Cl)c1. The van der Waals surface area contributed by atoms with Gasteiger partial charge >= 0.3 is 0 Å². The zero-order valence-corrected chi connectivity index (χ0v) is 16.6. The summed E-state index contributed by atoms with van der Waals surface area (Å²) in [5.41, 5.74) is 0.466. The first-order chi connectivity index (χ1) is 12.8. The van der Waals surface area contributed by atoms with E-state index in [1.54, 1.807) is 18.2 Å². The van der Waals surface area contributed by atoms with Crippen molar-refractivity contribution in [1.82, 2.24) is 4.31 Å². The van der Waals surface area contributed by atoms with Crippen molar-refractivity contribution in [3.63, 3.8) is 0 Å². The van der Waals surface area contributed by atoms with Crippen LogP contribution in [0.2, 0.25) is 10.0 Å². The molecule has 1 amide bonds. The van der Waals surface area contributed by atoms with E-state index < -0.39 is 10.0 Å². The molecule has 1 aliphatic heterocycles. The van der Waals surface area contributed by atoms with Crippen molar-refractivity contribution in [1.29, 1.82) is 0 Å². The van der Waals surface area contributed by atoms with Crippen molar-refractivity contribution in [2.45, 2.75) is 17.7 Å². The topological polar surface area (TPSA) is 75.7 Å². The summed E-state index contributed by atoms with van der Waals surface area (Å²) in [4.78, 5) is 12.2. The molecule has 1 fully saturated rings. The fraction of sp³-hybridized carbons (Fsp3) is 0.278. The highest BCUT2D eigenvalue weighted by Crippen LogP contribution is 2.24. The lowest BCUT2D eigenvalue weighted by molar-refractivity contribution is -0.118. The maximum absolute atomic E-state index is 12.5. The molecule has 0 aliphatic carbocycles. The van der Waals surface area contributed by atoms with Gasteiger partial charge in [0.2, 0.25) is 10.0 Å². The Bertz CT molecular complexity index is 907. The third-order valence-electron chi connectivity index (χ3n) is 4.04. The first kappa shape index (κ1) is 19.9. The van der Waals surface area contributed by atoms with Crippen molar-refractivity contribution < 1.29 is 17.9 Å². The van der Waals surface area contributed by atoms with Crippen LogP contribution >= 0.6 is 23.2 Å². The van der Waals surface area contributed by atoms with E-state index in [-0.39, 0.29) is 17.4 Å². The van der Waals surface area contributed by atoms with Gasteiger partial charge in [-0.3, -0.25) is 4.79 Å². The normalized spacial score (nSPS) is 14.9. The molecule has 2 aromatic carbocycles. The number of amides is 1. The summed E-state index contributed by atoms with van der Waals surface area (Å²) < 4.78 is 31.8. The quantitative estimate of drug-likeness (QED) is 0.758. The lowest BCUT2D eigenvalue weighted by Gasteiger charge is -2.15. The molecular formula is C18H18Cl2N2O4S. The van der Waals surface area contributed by atoms with Crippen LogP contribution in [0.5, 0.6) is 5.75 Å². The van der Waals surface area contributed by atoms with Gasteiger partial charge < -0.3 is 10.1 Å². The van der Waals surface area contributed by atoms with Crippen LogP contribution in [-0.2, 0) is 14.8 Å². The molecule has 0 radical (unpaired) electrons. The number of halogens is 2. The molecule has 1 aliphatic rings. The third-order valence-corrected chi connectivity index (χ3v) is 6.39. The maximum Gasteiger partial charge on any atom is 0.262 e. The summed E-state index contributed by atoms with van der Waals surface area (Å²) in [6.07, 6.45) is 1.76. The van der Waals surface area contributed by atoms with E-state index in [9.17, 15) is 13.2 Å². The van der Waals surface area contributed by atoms with Crippen LogP contribution in [0.25, 0.3) is 0 Å². The molecule has 144 valence electrons. The van der Waals surface area contributed by atoms with Crippen LogP contribution in [0.1, 0.15) is 12.8 Å². The van der Waals surface area contributed by atoms with E-state index in [0.717, 1.165) is 12.8 Å². The maximum atomic E-state index is 12.5. The second-order valence-electron chi connectivity index (χ2n) is 6.08. The lowest BCUT2D eigenvalue weighted by Crippen LogP contribution is -2.27. The standard InChI is InChI=1S/C18H18Cl2N2O4S/c19-13-9-14(20)11-15(10-13)21-18(23)12-26-16-3-5-17(6-4-16)27(24,25)22-7-1-2-8-22/h3-6,9-11H,1-2,7-8,12H2,(H,21,23). The molecule has 3 rings (SSSR count). The van der Waals surface area contributed by atoms with Gasteiger partial charge in [0.1, 0.15) is 5.75 Å². The average molecular weight is 429 g/mol. The van der Waals surface area contributed by atoms with Gasteiger partial charge in [-0.15, -0.1) is 0 Å². The Morgan fingerprint density at radius 2 is 1.63 bits per heavy atom. The Balaban J connectivity index is 1.57. The largest absolute Gasteiger partial charge is 0.484 e. The molecule has 0 atom stereocenters. The number of ether oxygens (including phenoxy) is 1. The van der Waals surface area contributed by atoms with Crippen molar-refractivity contribution in [3.05, 3.63) is 52.5 Å². The highest BCUT2D eigenvalue weighted by atomic mass is 35.5. The first-order valence-corrected chi connectivity index (χ1v) is 10.5. The molecule has 27 heavy (non-hydrogen) atoms. The number of hydrogen-bond donors (Lipinski definition) is 1. The van der Waals surface area contributed by atoms with E-state index in [0.29, 0.717) is 34.6 Å². The zero-order valence-electron chi connectivity index (χ0n) is 14.3. The second-order valence-corrected chi connectivity index (χ2v) is 8.89. The van der Waals surface area contributed by atoms with E-state index >= 15 is 0 Å². The van der Waals surface area contributed by atoms with Crippen molar-refractivity contribution >= 4 is 44.8 Å². The Labute approximate surface area is 168 Å².